The minimum absolute atomic E-state index is 0.199. The van der Waals surface area contributed by atoms with Crippen molar-refractivity contribution in [3.05, 3.63) is 35.6 Å². The predicted molar refractivity (Wildman–Crippen MR) is 95.0 cm³/mol. The summed E-state index contributed by atoms with van der Waals surface area (Å²) in [6.45, 7) is 6.97. The van der Waals surface area contributed by atoms with Gasteiger partial charge < -0.3 is 20.7 Å². The summed E-state index contributed by atoms with van der Waals surface area (Å²) in [7, 11) is 0. The van der Waals surface area contributed by atoms with Gasteiger partial charge in [-0.1, -0.05) is 12.1 Å². The van der Waals surface area contributed by atoms with Gasteiger partial charge in [0.1, 0.15) is 24.0 Å². The van der Waals surface area contributed by atoms with Crippen LogP contribution in [0.15, 0.2) is 24.3 Å². The zero-order valence-electron chi connectivity index (χ0n) is 15.5. The summed E-state index contributed by atoms with van der Waals surface area (Å²) in [6.07, 6.45) is -0.523. The average Bonchev–Trinajstić information content (AvgIpc) is 2.53. The maximum absolute atomic E-state index is 13.0. The van der Waals surface area contributed by atoms with E-state index >= 15 is 0 Å². The van der Waals surface area contributed by atoms with Crippen molar-refractivity contribution in [1.29, 1.82) is 0 Å². The molecule has 0 heterocycles. The van der Waals surface area contributed by atoms with Crippen LogP contribution in [-0.2, 0) is 20.7 Å². The largest absolute Gasteiger partial charge is 0.444 e. The van der Waals surface area contributed by atoms with E-state index in [1.165, 1.54) is 12.1 Å². The van der Waals surface area contributed by atoms with Crippen molar-refractivity contribution in [3.8, 4) is 0 Å². The molecule has 1 rings (SSSR count). The Kier molecular flexibility index (Phi) is 8.02. The van der Waals surface area contributed by atoms with Gasteiger partial charge in [0.2, 0.25) is 11.8 Å². The number of nitrogens with one attached hydrogen (secondary N) is 3. The molecule has 3 amide bonds. The van der Waals surface area contributed by atoms with Gasteiger partial charge in [0.05, 0.1) is 0 Å². The first-order valence-electron chi connectivity index (χ1n) is 8.39. The van der Waals surface area contributed by atoms with E-state index in [9.17, 15) is 18.8 Å². The Hall–Kier alpha value is -2.64. The SMILES string of the molecule is CCNC(=O)[C@H](Cc1ccc(F)cc1)NC(=O)CNC(=O)OC(C)(C)C. The summed E-state index contributed by atoms with van der Waals surface area (Å²) in [5.74, 6) is -1.27. The molecule has 7 nitrogen and oxygen atoms in total. The Bertz CT molecular complexity index is 626. The zero-order chi connectivity index (χ0) is 19.7. The number of hydrogen-bond acceptors (Lipinski definition) is 4. The Morgan fingerprint density at radius 3 is 2.27 bits per heavy atom. The lowest BCUT2D eigenvalue weighted by atomic mass is 10.0. The van der Waals surface area contributed by atoms with Gasteiger partial charge >= 0.3 is 6.09 Å². The zero-order valence-corrected chi connectivity index (χ0v) is 15.5. The number of hydrogen-bond donors (Lipinski definition) is 3. The molecule has 0 aliphatic carbocycles. The van der Waals surface area contributed by atoms with Crippen LogP contribution < -0.4 is 16.0 Å². The Balaban J connectivity index is 2.64. The Morgan fingerprint density at radius 1 is 1.12 bits per heavy atom. The van der Waals surface area contributed by atoms with Gasteiger partial charge in [-0.15, -0.1) is 0 Å². The van der Waals surface area contributed by atoms with Gasteiger partial charge in [-0.2, -0.15) is 0 Å². The van der Waals surface area contributed by atoms with Crippen LogP contribution in [-0.4, -0.2) is 42.6 Å². The van der Waals surface area contributed by atoms with Gasteiger partial charge in [-0.05, 0) is 45.4 Å². The first-order chi connectivity index (χ1) is 12.1. The average molecular weight is 367 g/mol. The van der Waals surface area contributed by atoms with Crippen molar-refractivity contribution in [3.63, 3.8) is 0 Å². The second-order valence-corrected chi connectivity index (χ2v) is 6.70. The first-order valence-corrected chi connectivity index (χ1v) is 8.39. The molecule has 0 fully saturated rings. The van der Waals surface area contributed by atoms with Crippen LogP contribution in [0.25, 0.3) is 0 Å². The molecule has 0 aliphatic heterocycles. The standard InChI is InChI=1S/C18H26FN3O4/c1-5-20-16(24)14(10-12-6-8-13(19)9-7-12)22-15(23)11-21-17(25)26-18(2,3)4/h6-9,14H,5,10-11H2,1-4H3,(H,20,24)(H,21,25)(H,22,23)/t14-/m0/s1. The van der Waals surface area contributed by atoms with E-state index in [1.54, 1.807) is 39.8 Å². The molecule has 0 saturated carbocycles. The highest BCUT2D eigenvalue weighted by Crippen LogP contribution is 2.07. The number of amides is 3. The van der Waals surface area contributed by atoms with Crippen molar-refractivity contribution in [2.75, 3.05) is 13.1 Å². The van der Waals surface area contributed by atoms with E-state index in [0.717, 1.165) is 0 Å². The molecule has 0 bridgehead atoms. The van der Waals surface area contributed by atoms with Crippen molar-refractivity contribution in [1.82, 2.24) is 16.0 Å². The van der Waals surface area contributed by atoms with Gasteiger partial charge in [0.15, 0.2) is 0 Å². The van der Waals surface area contributed by atoms with Crippen molar-refractivity contribution < 1.29 is 23.5 Å². The number of halogens is 1. The Morgan fingerprint density at radius 2 is 1.73 bits per heavy atom. The van der Waals surface area contributed by atoms with Crippen molar-refractivity contribution >= 4 is 17.9 Å². The Labute approximate surface area is 152 Å². The molecule has 0 aliphatic rings. The van der Waals surface area contributed by atoms with E-state index in [4.69, 9.17) is 4.74 Å². The molecular weight excluding hydrogens is 341 g/mol. The lowest BCUT2D eigenvalue weighted by molar-refractivity contribution is -0.128. The summed E-state index contributed by atoms with van der Waals surface area (Å²) in [4.78, 5) is 35.8. The lowest BCUT2D eigenvalue weighted by Crippen LogP contribution is -2.50. The minimum Gasteiger partial charge on any atom is -0.444 e. The highest BCUT2D eigenvalue weighted by Gasteiger charge is 2.22. The molecule has 1 aromatic rings. The van der Waals surface area contributed by atoms with Gasteiger partial charge in [0, 0.05) is 13.0 Å². The highest BCUT2D eigenvalue weighted by molar-refractivity contribution is 5.89. The number of likely N-dealkylation sites (N-methyl/N-ethyl adjacent to an activating group) is 1. The van der Waals surface area contributed by atoms with Crippen molar-refractivity contribution in [2.45, 2.75) is 45.8 Å². The third kappa shape index (κ3) is 8.46. The molecule has 26 heavy (non-hydrogen) atoms. The molecule has 0 aromatic heterocycles. The van der Waals surface area contributed by atoms with Crippen LogP contribution in [0.4, 0.5) is 9.18 Å². The van der Waals surface area contributed by atoms with E-state index in [-0.39, 0.29) is 24.7 Å². The molecule has 144 valence electrons. The van der Waals surface area contributed by atoms with Crippen LogP contribution in [0.1, 0.15) is 33.3 Å². The fraction of sp³-hybridized carbons (Fsp3) is 0.500. The second-order valence-electron chi connectivity index (χ2n) is 6.70. The molecule has 0 unspecified atom stereocenters. The summed E-state index contributed by atoms with van der Waals surface area (Å²) < 4.78 is 18.0. The monoisotopic (exact) mass is 367 g/mol. The fourth-order valence-electron chi connectivity index (χ4n) is 2.07. The topological polar surface area (TPSA) is 96.5 Å². The third-order valence-electron chi connectivity index (χ3n) is 3.15. The molecule has 0 saturated heterocycles. The number of alkyl carbamates (subject to hydrolysis) is 1. The number of carbonyl (C=O) groups is 3. The smallest absolute Gasteiger partial charge is 0.408 e. The maximum Gasteiger partial charge on any atom is 0.408 e. The quantitative estimate of drug-likeness (QED) is 0.681. The fourth-order valence-corrected chi connectivity index (χ4v) is 2.07. The summed E-state index contributed by atoms with van der Waals surface area (Å²) in [5, 5.41) is 7.54. The van der Waals surface area contributed by atoms with E-state index < -0.39 is 23.6 Å². The molecular formula is C18H26FN3O4. The number of benzene rings is 1. The molecule has 0 spiro atoms. The third-order valence-corrected chi connectivity index (χ3v) is 3.15. The van der Waals surface area contributed by atoms with E-state index in [1.807, 2.05) is 0 Å². The van der Waals surface area contributed by atoms with Crippen LogP contribution >= 0.6 is 0 Å². The van der Waals surface area contributed by atoms with Gasteiger partial charge in [-0.25, -0.2) is 9.18 Å². The summed E-state index contributed by atoms with van der Waals surface area (Å²) >= 11 is 0. The van der Waals surface area contributed by atoms with Gasteiger partial charge in [0.25, 0.3) is 0 Å². The molecule has 0 radical (unpaired) electrons. The maximum atomic E-state index is 13.0. The highest BCUT2D eigenvalue weighted by atomic mass is 19.1. The lowest BCUT2D eigenvalue weighted by Gasteiger charge is -2.21. The number of rotatable bonds is 7. The first kappa shape index (κ1) is 21.4. The summed E-state index contributed by atoms with van der Waals surface area (Å²) in [5.41, 5.74) is 0.0234. The normalized spacial score (nSPS) is 12.0. The molecule has 8 heteroatoms. The predicted octanol–water partition coefficient (Wildman–Crippen LogP) is 1.51. The van der Waals surface area contributed by atoms with Crippen LogP contribution in [0.3, 0.4) is 0 Å². The molecule has 3 N–H and O–H groups in total. The van der Waals surface area contributed by atoms with E-state index in [0.29, 0.717) is 12.1 Å². The minimum atomic E-state index is -0.839. The van der Waals surface area contributed by atoms with Crippen LogP contribution in [0.5, 0.6) is 0 Å². The molecule has 1 aromatic carbocycles. The van der Waals surface area contributed by atoms with Gasteiger partial charge in [-0.3, -0.25) is 9.59 Å². The number of ether oxygens (including phenoxy) is 1. The van der Waals surface area contributed by atoms with Crippen LogP contribution in [0, 0.1) is 5.82 Å². The molecule has 1 atom stereocenters. The second kappa shape index (κ2) is 9.74. The summed E-state index contributed by atoms with van der Waals surface area (Å²) in [6, 6.07) is 4.83. The van der Waals surface area contributed by atoms with E-state index in [2.05, 4.69) is 16.0 Å². The van der Waals surface area contributed by atoms with Crippen LogP contribution in [0.2, 0.25) is 0 Å². The number of carbonyl (C=O) groups excluding carboxylic acids is 3. The van der Waals surface area contributed by atoms with Crippen molar-refractivity contribution in [2.24, 2.45) is 0 Å².